The van der Waals surface area contributed by atoms with E-state index in [1.165, 1.54) is 19.3 Å². The number of ether oxygens (including phenoxy) is 2. The van der Waals surface area contributed by atoms with Gasteiger partial charge in [0.25, 0.3) is 0 Å². The molecule has 1 saturated carbocycles. The highest BCUT2D eigenvalue weighted by atomic mass is 16.5. The fourth-order valence-electron chi connectivity index (χ4n) is 2.00. The van der Waals surface area contributed by atoms with Gasteiger partial charge >= 0.3 is 0 Å². The molecule has 0 bridgehead atoms. The van der Waals surface area contributed by atoms with Gasteiger partial charge in [-0.2, -0.15) is 0 Å². The summed E-state index contributed by atoms with van der Waals surface area (Å²) in [6.45, 7) is 8.69. The van der Waals surface area contributed by atoms with Crippen LogP contribution in [0.4, 0.5) is 0 Å². The third-order valence-electron chi connectivity index (χ3n) is 3.12. The molecule has 0 unspecified atom stereocenters. The lowest BCUT2D eigenvalue weighted by Gasteiger charge is -2.42. The van der Waals surface area contributed by atoms with Crippen molar-refractivity contribution in [2.45, 2.75) is 57.7 Å². The van der Waals surface area contributed by atoms with E-state index in [-0.39, 0.29) is 11.2 Å². The van der Waals surface area contributed by atoms with Gasteiger partial charge in [0.1, 0.15) is 0 Å². The van der Waals surface area contributed by atoms with Gasteiger partial charge < -0.3 is 14.8 Å². The molecule has 3 heteroatoms. The average Bonchev–Trinajstić information content (AvgIpc) is 2.13. The summed E-state index contributed by atoms with van der Waals surface area (Å²) in [7, 11) is 2.00. The molecule has 0 aromatic heterocycles. The summed E-state index contributed by atoms with van der Waals surface area (Å²) in [4.78, 5) is 0. The lowest BCUT2D eigenvalue weighted by atomic mass is 9.77. The van der Waals surface area contributed by atoms with Gasteiger partial charge in [-0.15, -0.1) is 0 Å². The molecule has 0 aliphatic heterocycles. The molecule has 1 N–H and O–H groups in total. The third-order valence-corrected chi connectivity index (χ3v) is 3.12. The standard InChI is InChI=1S/C13H27NO2/c1-12(2,3)15-10-11-16-13(6-5-7-13)8-9-14-4/h14H,5-11H2,1-4H3. The summed E-state index contributed by atoms with van der Waals surface area (Å²) in [5, 5.41) is 3.20. The normalized spacial score (nSPS) is 19.5. The summed E-state index contributed by atoms with van der Waals surface area (Å²) in [5.41, 5.74) is 0.103. The molecule has 0 amide bonds. The summed E-state index contributed by atoms with van der Waals surface area (Å²) in [5.74, 6) is 0. The molecule has 0 aromatic carbocycles. The van der Waals surface area contributed by atoms with Crippen LogP contribution in [0.2, 0.25) is 0 Å². The molecule has 1 fully saturated rings. The van der Waals surface area contributed by atoms with Crippen molar-refractivity contribution in [2.24, 2.45) is 0 Å². The molecule has 96 valence electrons. The minimum atomic E-state index is -0.0545. The topological polar surface area (TPSA) is 30.5 Å². The van der Waals surface area contributed by atoms with E-state index in [1.54, 1.807) is 0 Å². The maximum absolute atomic E-state index is 6.00. The van der Waals surface area contributed by atoms with E-state index < -0.39 is 0 Å². The van der Waals surface area contributed by atoms with E-state index in [1.807, 2.05) is 7.05 Å². The maximum atomic E-state index is 6.00. The van der Waals surface area contributed by atoms with Crippen molar-refractivity contribution >= 4 is 0 Å². The van der Waals surface area contributed by atoms with Crippen LogP contribution in [-0.2, 0) is 9.47 Å². The van der Waals surface area contributed by atoms with Crippen LogP contribution >= 0.6 is 0 Å². The minimum absolute atomic E-state index is 0.0545. The van der Waals surface area contributed by atoms with Crippen molar-refractivity contribution in [1.29, 1.82) is 0 Å². The number of nitrogens with one attached hydrogen (secondary N) is 1. The highest BCUT2D eigenvalue weighted by Gasteiger charge is 2.37. The van der Waals surface area contributed by atoms with E-state index in [9.17, 15) is 0 Å². The zero-order valence-corrected chi connectivity index (χ0v) is 11.3. The van der Waals surface area contributed by atoms with Gasteiger partial charge in [0.05, 0.1) is 24.4 Å². The van der Waals surface area contributed by atoms with Crippen molar-refractivity contribution in [3.8, 4) is 0 Å². The fraction of sp³-hybridized carbons (Fsp3) is 1.00. The molecule has 0 radical (unpaired) electrons. The Bertz CT molecular complexity index is 195. The molecule has 1 aliphatic rings. The molecule has 16 heavy (non-hydrogen) atoms. The molecule has 0 heterocycles. The second kappa shape index (κ2) is 5.99. The Labute approximate surface area is 99.9 Å². The Morgan fingerprint density at radius 2 is 1.88 bits per heavy atom. The van der Waals surface area contributed by atoms with Gasteiger partial charge in [-0.25, -0.2) is 0 Å². The second-order valence-electron chi connectivity index (χ2n) is 5.70. The van der Waals surface area contributed by atoms with Gasteiger partial charge in [-0.05, 0) is 60.0 Å². The van der Waals surface area contributed by atoms with E-state index in [2.05, 4.69) is 26.1 Å². The first-order chi connectivity index (χ1) is 7.47. The van der Waals surface area contributed by atoms with Gasteiger partial charge in [0.15, 0.2) is 0 Å². The average molecular weight is 229 g/mol. The molecule has 0 spiro atoms. The smallest absolute Gasteiger partial charge is 0.0708 e. The van der Waals surface area contributed by atoms with Crippen LogP contribution in [0.5, 0.6) is 0 Å². The first-order valence-electron chi connectivity index (χ1n) is 6.40. The summed E-state index contributed by atoms with van der Waals surface area (Å²) in [6.07, 6.45) is 4.86. The molecule has 0 aromatic rings. The SMILES string of the molecule is CNCCC1(OCCOC(C)(C)C)CCC1. The third kappa shape index (κ3) is 4.81. The molecule has 3 nitrogen and oxygen atoms in total. The first-order valence-corrected chi connectivity index (χ1v) is 6.40. The molecular formula is C13H27NO2. The molecule has 1 aliphatic carbocycles. The fourth-order valence-corrected chi connectivity index (χ4v) is 2.00. The molecule has 0 atom stereocenters. The van der Waals surface area contributed by atoms with Crippen LogP contribution < -0.4 is 5.32 Å². The first kappa shape index (κ1) is 13.9. The van der Waals surface area contributed by atoms with E-state index >= 15 is 0 Å². The van der Waals surface area contributed by atoms with Crippen LogP contribution in [-0.4, -0.2) is 38.0 Å². The second-order valence-corrected chi connectivity index (χ2v) is 5.70. The number of hydrogen-bond acceptors (Lipinski definition) is 3. The van der Waals surface area contributed by atoms with Crippen LogP contribution in [0.25, 0.3) is 0 Å². The number of hydrogen-bond donors (Lipinski definition) is 1. The Morgan fingerprint density at radius 3 is 2.31 bits per heavy atom. The summed E-state index contributed by atoms with van der Waals surface area (Å²) >= 11 is 0. The molecule has 0 saturated heterocycles. The maximum Gasteiger partial charge on any atom is 0.0708 e. The van der Waals surface area contributed by atoms with Gasteiger partial charge in [0.2, 0.25) is 0 Å². The lowest BCUT2D eigenvalue weighted by Crippen LogP contribution is -2.43. The van der Waals surface area contributed by atoms with E-state index in [4.69, 9.17) is 9.47 Å². The minimum Gasteiger partial charge on any atom is -0.373 e. The van der Waals surface area contributed by atoms with Gasteiger partial charge in [0, 0.05) is 0 Å². The largest absolute Gasteiger partial charge is 0.373 e. The monoisotopic (exact) mass is 229 g/mol. The number of rotatable bonds is 7. The zero-order valence-electron chi connectivity index (χ0n) is 11.3. The van der Waals surface area contributed by atoms with Gasteiger partial charge in [-0.3, -0.25) is 0 Å². The zero-order chi connectivity index (χ0) is 12.1. The highest BCUT2D eigenvalue weighted by Crippen LogP contribution is 2.38. The lowest BCUT2D eigenvalue weighted by molar-refractivity contribution is -0.130. The van der Waals surface area contributed by atoms with E-state index in [0.29, 0.717) is 6.61 Å². The van der Waals surface area contributed by atoms with Gasteiger partial charge in [-0.1, -0.05) is 0 Å². The Hall–Kier alpha value is -0.120. The predicted molar refractivity (Wildman–Crippen MR) is 66.8 cm³/mol. The van der Waals surface area contributed by atoms with E-state index in [0.717, 1.165) is 19.6 Å². The van der Waals surface area contributed by atoms with Crippen molar-refractivity contribution in [2.75, 3.05) is 26.8 Å². The summed E-state index contributed by atoms with van der Waals surface area (Å²) in [6, 6.07) is 0. The summed E-state index contributed by atoms with van der Waals surface area (Å²) < 4.78 is 11.7. The van der Waals surface area contributed by atoms with Crippen molar-refractivity contribution in [3.63, 3.8) is 0 Å². The van der Waals surface area contributed by atoms with Crippen molar-refractivity contribution < 1.29 is 9.47 Å². The van der Waals surface area contributed by atoms with Crippen LogP contribution in [0.1, 0.15) is 46.5 Å². The van der Waals surface area contributed by atoms with Crippen LogP contribution in [0.3, 0.4) is 0 Å². The molecule has 1 rings (SSSR count). The van der Waals surface area contributed by atoms with Crippen LogP contribution in [0.15, 0.2) is 0 Å². The van der Waals surface area contributed by atoms with Crippen molar-refractivity contribution in [3.05, 3.63) is 0 Å². The highest BCUT2D eigenvalue weighted by molar-refractivity contribution is 4.90. The van der Waals surface area contributed by atoms with Crippen molar-refractivity contribution in [1.82, 2.24) is 5.32 Å². The quantitative estimate of drug-likeness (QED) is 0.680. The van der Waals surface area contributed by atoms with Crippen LogP contribution in [0, 0.1) is 0 Å². The predicted octanol–water partition coefficient (Wildman–Crippen LogP) is 2.35. The Morgan fingerprint density at radius 1 is 1.19 bits per heavy atom. The Kier molecular flexibility index (Phi) is 5.22. The molecular weight excluding hydrogens is 202 g/mol. The Balaban J connectivity index is 2.14.